The summed E-state index contributed by atoms with van der Waals surface area (Å²) in [6.45, 7) is 2.03. The van der Waals surface area contributed by atoms with Crippen molar-refractivity contribution in [1.82, 2.24) is 9.88 Å². The van der Waals surface area contributed by atoms with Gasteiger partial charge in [-0.05, 0) is 49.6 Å². The van der Waals surface area contributed by atoms with E-state index in [1.807, 2.05) is 30.0 Å². The number of amides is 2. The van der Waals surface area contributed by atoms with Gasteiger partial charge in [0.1, 0.15) is 0 Å². The Balaban J connectivity index is 1.79. The number of anilines is 1. The molecule has 1 aliphatic carbocycles. The van der Waals surface area contributed by atoms with E-state index in [-0.39, 0.29) is 18.1 Å². The molecule has 0 saturated heterocycles. The first kappa shape index (κ1) is 16.3. The Morgan fingerprint density at radius 3 is 2.83 bits per heavy atom. The summed E-state index contributed by atoms with van der Waals surface area (Å²) in [7, 11) is 0. The minimum Gasteiger partial charge on any atom is -0.315 e. The number of urea groups is 1. The molecule has 1 heterocycles. The zero-order valence-corrected chi connectivity index (χ0v) is 15.0. The SMILES string of the molecule is CC(c1cccnc1)N(C(=O)Nc1ccc(Br)cc1Cl)C1CC1. The first-order valence-electron chi connectivity index (χ1n) is 7.50. The molecule has 4 nitrogen and oxygen atoms in total. The molecule has 1 fully saturated rings. The van der Waals surface area contributed by atoms with Crippen LogP contribution in [0.15, 0.2) is 47.2 Å². The van der Waals surface area contributed by atoms with Crippen molar-refractivity contribution in [3.8, 4) is 0 Å². The number of carbonyl (C=O) groups is 1. The molecular formula is C17H17BrClN3O. The highest BCUT2D eigenvalue weighted by Crippen LogP contribution is 2.35. The molecule has 0 radical (unpaired) electrons. The normalized spacial score (nSPS) is 15.1. The summed E-state index contributed by atoms with van der Waals surface area (Å²) in [5, 5.41) is 3.43. The second-order valence-corrected chi connectivity index (χ2v) is 6.98. The van der Waals surface area contributed by atoms with Gasteiger partial charge in [-0.3, -0.25) is 4.98 Å². The number of hydrogen-bond acceptors (Lipinski definition) is 2. The predicted molar refractivity (Wildman–Crippen MR) is 95.7 cm³/mol. The second-order valence-electron chi connectivity index (χ2n) is 5.66. The maximum atomic E-state index is 12.8. The first-order chi connectivity index (χ1) is 11.1. The average molecular weight is 395 g/mol. The van der Waals surface area contributed by atoms with Crippen molar-refractivity contribution in [2.75, 3.05) is 5.32 Å². The Bertz CT molecular complexity index is 706. The summed E-state index contributed by atoms with van der Waals surface area (Å²) >= 11 is 9.56. The number of rotatable bonds is 4. The lowest BCUT2D eigenvalue weighted by Crippen LogP contribution is -2.38. The molecule has 0 bridgehead atoms. The molecule has 1 aromatic heterocycles. The van der Waals surface area contributed by atoms with Gasteiger partial charge in [-0.2, -0.15) is 0 Å². The van der Waals surface area contributed by atoms with E-state index in [1.54, 1.807) is 24.5 Å². The molecule has 0 spiro atoms. The van der Waals surface area contributed by atoms with E-state index in [0.29, 0.717) is 10.7 Å². The molecule has 1 atom stereocenters. The first-order valence-corrected chi connectivity index (χ1v) is 8.67. The van der Waals surface area contributed by atoms with Gasteiger partial charge in [0.05, 0.1) is 16.8 Å². The Hall–Kier alpha value is -1.59. The molecule has 2 aromatic rings. The van der Waals surface area contributed by atoms with Crippen molar-refractivity contribution >= 4 is 39.2 Å². The Morgan fingerprint density at radius 2 is 2.22 bits per heavy atom. The van der Waals surface area contributed by atoms with E-state index >= 15 is 0 Å². The number of carbonyl (C=O) groups excluding carboxylic acids is 1. The number of aromatic nitrogens is 1. The van der Waals surface area contributed by atoms with Gasteiger partial charge in [-0.1, -0.05) is 33.6 Å². The van der Waals surface area contributed by atoms with Gasteiger partial charge in [-0.25, -0.2) is 4.79 Å². The minimum atomic E-state index is -0.131. The molecule has 3 rings (SSSR count). The third-order valence-electron chi connectivity index (χ3n) is 3.93. The van der Waals surface area contributed by atoms with Crippen molar-refractivity contribution < 1.29 is 4.79 Å². The van der Waals surface area contributed by atoms with Gasteiger partial charge < -0.3 is 10.2 Å². The van der Waals surface area contributed by atoms with Crippen LogP contribution in [0.1, 0.15) is 31.4 Å². The summed E-state index contributed by atoms with van der Waals surface area (Å²) in [5.74, 6) is 0. The fraction of sp³-hybridized carbons (Fsp3) is 0.294. The molecule has 1 aliphatic rings. The monoisotopic (exact) mass is 393 g/mol. The Kier molecular flexibility index (Phi) is 4.87. The minimum absolute atomic E-state index is 0.0366. The fourth-order valence-electron chi connectivity index (χ4n) is 2.56. The molecule has 120 valence electrons. The lowest BCUT2D eigenvalue weighted by atomic mass is 10.1. The molecule has 1 unspecified atom stereocenters. The fourth-order valence-corrected chi connectivity index (χ4v) is 3.29. The van der Waals surface area contributed by atoms with E-state index in [1.165, 1.54) is 0 Å². The summed E-state index contributed by atoms with van der Waals surface area (Å²) in [6.07, 6.45) is 5.61. The van der Waals surface area contributed by atoms with Crippen molar-refractivity contribution in [1.29, 1.82) is 0 Å². The van der Waals surface area contributed by atoms with Crippen LogP contribution in [0.3, 0.4) is 0 Å². The van der Waals surface area contributed by atoms with Crippen LogP contribution >= 0.6 is 27.5 Å². The average Bonchev–Trinajstić information content (AvgIpc) is 3.36. The smallest absolute Gasteiger partial charge is 0.315 e. The van der Waals surface area contributed by atoms with Crippen LogP contribution in [0.4, 0.5) is 10.5 Å². The molecule has 6 heteroatoms. The lowest BCUT2D eigenvalue weighted by molar-refractivity contribution is 0.189. The third kappa shape index (κ3) is 3.85. The van der Waals surface area contributed by atoms with Gasteiger partial charge >= 0.3 is 6.03 Å². The number of nitrogens with zero attached hydrogens (tertiary/aromatic N) is 2. The van der Waals surface area contributed by atoms with Gasteiger partial charge in [-0.15, -0.1) is 0 Å². The summed E-state index contributed by atoms with van der Waals surface area (Å²) in [6, 6.07) is 9.41. The number of benzene rings is 1. The van der Waals surface area contributed by atoms with Crippen LogP contribution < -0.4 is 5.32 Å². The third-order valence-corrected chi connectivity index (χ3v) is 4.74. The van der Waals surface area contributed by atoms with Crippen LogP contribution in [-0.4, -0.2) is 22.0 Å². The summed E-state index contributed by atoms with van der Waals surface area (Å²) in [5.41, 5.74) is 1.64. The van der Waals surface area contributed by atoms with Gasteiger partial charge in [0, 0.05) is 22.9 Å². The highest BCUT2D eigenvalue weighted by atomic mass is 79.9. The molecule has 23 heavy (non-hydrogen) atoms. The summed E-state index contributed by atoms with van der Waals surface area (Å²) in [4.78, 5) is 18.8. The molecular weight excluding hydrogens is 378 g/mol. The number of pyridine rings is 1. The van der Waals surface area contributed by atoms with Gasteiger partial charge in [0.25, 0.3) is 0 Å². The van der Waals surface area contributed by atoms with E-state index in [9.17, 15) is 4.79 Å². The van der Waals surface area contributed by atoms with Crippen LogP contribution in [-0.2, 0) is 0 Å². The highest BCUT2D eigenvalue weighted by Gasteiger charge is 2.36. The zero-order chi connectivity index (χ0) is 16.4. The largest absolute Gasteiger partial charge is 0.322 e. The molecule has 1 N–H and O–H groups in total. The predicted octanol–water partition coefficient (Wildman–Crippen LogP) is 5.26. The number of halogens is 2. The topological polar surface area (TPSA) is 45.2 Å². The Labute approximate surface area is 149 Å². The Morgan fingerprint density at radius 1 is 1.43 bits per heavy atom. The van der Waals surface area contributed by atoms with Crippen molar-refractivity contribution in [3.63, 3.8) is 0 Å². The maximum Gasteiger partial charge on any atom is 0.322 e. The van der Waals surface area contributed by atoms with E-state index in [2.05, 4.69) is 26.2 Å². The number of nitrogens with one attached hydrogen (secondary N) is 1. The van der Waals surface area contributed by atoms with Crippen LogP contribution in [0.2, 0.25) is 5.02 Å². The highest BCUT2D eigenvalue weighted by molar-refractivity contribution is 9.10. The van der Waals surface area contributed by atoms with Crippen molar-refractivity contribution in [3.05, 3.63) is 57.8 Å². The van der Waals surface area contributed by atoms with E-state index in [4.69, 9.17) is 11.6 Å². The van der Waals surface area contributed by atoms with E-state index < -0.39 is 0 Å². The number of hydrogen-bond donors (Lipinski definition) is 1. The lowest BCUT2D eigenvalue weighted by Gasteiger charge is -2.29. The van der Waals surface area contributed by atoms with Crippen LogP contribution in [0.5, 0.6) is 0 Å². The molecule has 1 saturated carbocycles. The summed E-state index contributed by atoms with van der Waals surface area (Å²) < 4.78 is 0.878. The molecule has 1 aromatic carbocycles. The second kappa shape index (κ2) is 6.89. The van der Waals surface area contributed by atoms with Crippen molar-refractivity contribution in [2.24, 2.45) is 0 Å². The quantitative estimate of drug-likeness (QED) is 0.769. The van der Waals surface area contributed by atoms with E-state index in [0.717, 1.165) is 22.9 Å². The zero-order valence-electron chi connectivity index (χ0n) is 12.7. The molecule has 2 amide bonds. The van der Waals surface area contributed by atoms with Gasteiger partial charge in [0.2, 0.25) is 0 Å². The standard InChI is InChI=1S/C17H17BrClN3O/c1-11(12-3-2-8-20-10-12)22(14-5-6-14)17(23)21-16-7-4-13(18)9-15(16)19/h2-4,7-11,14H,5-6H2,1H3,(H,21,23). The van der Waals surface area contributed by atoms with Gasteiger partial charge in [0.15, 0.2) is 0 Å². The maximum absolute atomic E-state index is 12.8. The van der Waals surface area contributed by atoms with Crippen LogP contribution in [0, 0.1) is 0 Å². The molecule has 0 aliphatic heterocycles. The van der Waals surface area contributed by atoms with Crippen LogP contribution in [0.25, 0.3) is 0 Å². The van der Waals surface area contributed by atoms with Crippen molar-refractivity contribution in [2.45, 2.75) is 31.8 Å².